The molecular weight excluding hydrogens is 226 g/mol. The van der Waals surface area contributed by atoms with E-state index in [0.29, 0.717) is 6.54 Å². The second-order valence-electron chi connectivity index (χ2n) is 6.37. The quantitative estimate of drug-likeness (QED) is 0.793. The molecule has 0 aromatic carbocycles. The Morgan fingerprint density at radius 1 is 1.28 bits per heavy atom. The highest BCUT2D eigenvalue weighted by Gasteiger charge is 2.58. The zero-order valence-corrected chi connectivity index (χ0v) is 12.0. The van der Waals surface area contributed by atoms with Gasteiger partial charge in [-0.15, -0.1) is 0 Å². The Hall–Kier alpha value is -0.120. The van der Waals surface area contributed by atoms with E-state index in [-0.39, 0.29) is 11.5 Å². The van der Waals surface area contributed by atoms with Crippen molar-refractivity contribution >= 4 is 0 Å². The van der Waals surface area contributed by atoms with Gasteiger partial charge in [-0.1, -0.05) is 26.2 Å². The van der Waals surface area contributed by atoms with E-state index in [1.807, 2.05) is 6.92 Å². The molecule has 0 aliphatic heterocycles. The van der Waals surface area contributed by atoms with E-state index in [9.17, 15) is 5.11 Å². The summed E-state index contributed by atoms with van der Waals surface area (Å²) in [5.41, 5.74) is 5.47. The van der Waals surface area contributed by atoms with Gasteiger partial charge in [0.15, 0.2) is 0 Å². The molecule has 106 valence electrons. The molecule has 2 atom stereocenters. The second-order valence-corrected chi connectivity index (χ2v) is 6.37. The Morgan fingerprint density at radius 2 is 2.00 bits per heavy atom. The summed E-state index contributed by atoms with van der Waals surface area (Å²) >= 11 is 0. The largest absolute Gasteiger partial charge is 0.389 e. The van der Waals surface area contributed by atoms with Crippen LogP contribution in [0.25, 0.3) is 0 Å². The average molecular weight is 255 g/mol. The number of aliphatic hydroxyl groups is 1. The Kier molecular flexibility index (Phi) is 4.35. The lowest BCUT2D eigenvalue weighted by Crippen LogP contribution is -2.63. The van der Waals surface area contributed by atoms with Gasteiger partial charge >= 0.3 is 0 Å². The van der Waals surface area contributed by atoms with Crippen LogP contribution in [-0.4, -0.2) is 30.0 Å². The number of hydrogen-bond acceptors (Lipinski definition) is 3. The molecule has 3 nitrogen and oxygen atoms in total. The molecule has 2 aliphatic rings. The molecule has 0 bridgehead atoms. The van der Waals surface area contributed by atoms with Gasteiger partial charge < -0.3 is 15.6 Å². The minimum absolute atomic E-state index is 0.0421. The topological polar surface area (TPSA) is 55.5 Å². The summed E-state index contributed by atoms with van der Waals surface area (Å²) in [7, 11) is 0. The van der Waals surface area contributed by atoms with Crippen molar-refractivity contribution in [2.75, 3.05) is 13.2 Å². The third-order valence-corrected chi connectivity index (χ3v) is 5.44. The molecule has 0 saturated heterocycles. The molecule has 2 aliphatic carbocycles. The molecule has 0 spiro atoms. The molecule has 18 heavy (non-hydrogen) atoms. The van der Waals surface area contributed by atoms with Gasteiger partial charge in [0.1, 0.15) is 0 Å². The molecule has 0 radical (unpaired) electrons. The Morgan fingerprint density at radius 3 is 2.56 bits per heavy atom. The highest BCUT2D eigenvalue weighted by Crippen LogP contribution is 2.55. The van der Waals surface area contributed by atoms with Crippen LogP contribution in [-0.2, 0) is 4.74 Å². The van der Waals surface area contributed by atoms with Gasteiger partial charge in [-0.05, 0) is 25.7 Å². The first kappa shape index (κ1) is 14.3. The summed E-state index contributed by atoms with van der Waals surface area (Å²) in [6, 6.07) is 0. The number of rotatable bonds is 5. The zero-order valence-electron chi connectivity index (χ0n) is 12.0. The fourth-order valence-corrected chi connectivity index (χ4v) is 4.11. The molecule has 0 aromatic heterocycles. The number of hydrogen-bond donors (Lipinski definition) is 2. The predicted octanol–water partition coefficient (Wildman–Crippen LogP) is 2.46. The Labute approximate surface area is 111 Å². The molecular formula is C15H29NO2. The van der Waals surface area contributed by atoms with Crippen molar-refractivity contribution in [3.8, 4) is 0 Å². The van der Waals surface area contributed by atoms with E-state index in [4.69, 9.17) is 10.5 Å². The summed E-state index contributed by atoms with van der Waals surface area (Å²) in [6.45, 7) is 5.64. The molecule has 3 heteroatoms. The average Bonchev–Trinajstić information content (AvgIpc) is 2.36. The number of nitrogens with two attached hydrogens (primary N) is 1. The molecule has 3 N–H and O–H groups in total. The molecule has 2 fully saturated rings. The van der Waals surface area contributed by atoms with Crippen LogP contribution in [0.4, 0.5) is 0 Å². The lowest BCUT2D eigenvalue weighted by Gasteiger charge is -2.58. The first-order chi connectivity index (χ1) is 8.59. The van der Waals surface area contributed by atoms with Crippen LogP contribution in [0, 0.1) is 11.3 Å². The summed E-state index contributed by atoms with van der Waals surface area (Å²) in [4.78, 5) is 0. The third kappa shape index (κ3) is 2.33. The van der Waals surface area contributed by atoms with Crippen LogP contribution in [0.5, 0.6) is 0 Å². The van der Waals surface area contributed by atoms with Crippen molar-refractivity contribution in [2.24, 2.45) is 17.1 Å². The molecule has 2 unspecified atom stereocenters. The minimum Gasteiger partial charge on any atom is -0.389 e. The first-order valence-electron chi connectivity index (χ1n) is 7.63. The standard InChI is InChI=1S/C15H29NO2/c1-3-12-6-5-7-14(8-12,11-16)15(17)9-13(10-15)18-4-2/h12-13,17H,3-11,16H2,1-2H3. The van der Waals surface area contributed by atoms with Crippen molar-refractivity contribution in [1.82, 2.24) is 0 Å². The van der Waals surface area contributed by atoms with Gasteiger partial charge in [-0.25, -0.2) is 0 Å². The van der Waals surface area contributed by atoms with Crippen molar-refractivity contribution in [1.29, 1.82) is 0 Å². The zero-order chi connectivity index (χ0) is 13.2. The monoisotopic (exact) mass is 255 g/mol. The maximum atomic E-state index is 10.9. The van der Waals surface area contributed by atoms with Gasteiger partial charge in [0, 0.05) is 31.4 Å². The first-order valence-corrected chi connectivity index (χ1v) is 7.63. The second kappa shape index (κ2) is 5.48. The Bertz CT molecular complexity index is 276. The van der Waals surface area contributed by atoms with E-state index < -0.39 is 5.60 Å². The molecule has 2 saturated carbocycles. The maximum absolute atomic E-state index is 10.9. The Balaban J connectivity index is 2.03. The van der Waals surface area contributed by atoms with E-state index in [2.05, 4.69) is 6.92 Å². The van der Waals surface area contributed by atoms with Crippen molar-refractivity contribution in [3.05, 3.63) is 0 Å². The van der Waals surface area contributed by atoms with Crippen LogP contribution in [0.3, 0.4) is 0 Å². The van der Waals surface area contributed by atoms with Crippen LogP contribution < -0.4 is 5.73 Å². The van der Waals surface area contributed by atoms with Crippen molar-refractivity contribution < 1.29 is 9.84 Å². The van der Waals surface area contributed by atoms with Gasteiger partial charge in [0.05, 0.1) is 11.7 Å². The third-order valence-electron chi connectivity index (χ3n) is 5.44. The normalized spacial score (nSPS) is 44.7. The number of ether oxygens (including phenoxy) is 1. The van der Waals surface area contributed by atoms with E-state index in [1.54, 1.807) is 0 Å². The lowest BCUT2D eigenvalue weighted by atomic mass is 9.53. The molecule has 0 heterocycles. The van der Waals surface area contributed by atoms with Gasteiger partial charge in [-0.3, -0.25) is 0 Å². The maximum Gasteiger partial charge on any atom is 0.0765 e. The van der Waals surface area contributed by atoms with E-state index in [1.165, 1.54) is 19.3 Å². The molecule has 0 aromatic rings. The fourth-order valence-electron chi connectivity index (χ4n) is 4.11. The van der Waals surface area contributed by atoms with Crippen LogP contribution in [0.2, 0.25) is 0 Å². The van der Waals surface area contributed by atoms with Crippen LogP contribution in [0.1, 0.15) is 58.8 Å². The summed E-state index contributed by atoms with van der Waals surface area (Å²) in [5.74, 6) is 0.748. The summed E-state index contributed by atoms with van der Waals surface area (Å²) in [6.07, 6.45) is 7.77. The fraction of sp³-hybridized carbons (Fsp3) is 1.00. The lowest BCUT2D eigenvalue weighted by molar-refractivity contribution is -0.212. The van der Waals surface area contributed by atoms with Crippen molar-refractivity contribution in [3.63, 3.8) is 0 Å². The van der Waals surface area contributed by atoms with Crippen LogP contribution in [0.15, 0.2) is 0 Å². The summed E-state index contributed by atoms with van der Waals surface area (Å²) < 4.78 is 5.61. The SMILES string of the molecule is CCOC1CC(O)(C2(CN)CCCC(CC)C2)C1. The smallest absolute Gasteiger partial charge is 0.0765 e. The minimum atomic E-state index is -0.560. The highest BCUT2D eigenvalue weighted by atomic mass is 16.5. The molecule has 2 rings (SSSR count). The van der Waals surface area contributed by atoms with Gasteiger partial charge in [0.2, 0.25) is 0 Å². The van der Waals surface area contributed by atoms with Gasteiger partial charge in [-0.2, -0.15) is 0 Å². The summed E-state index contributed by atoms with van der Waals surface area (Å²) in [5, 5.41) is 10.9. The predicted molar refractivity (Wildman–Crippen MR) is 73.3 cm³/mol. The van der Waals surface area contributed by atoms with Gasteiger partial charge in [0.25, 0.3) is 0 Å². The van der Waals surface area contributed by atoms with E-state index >= 15 is 0 Å². The highest BCUT2D eigenvalue weighted by molar-refractivity contribution is 5.10. The van der Waals surface area contributed by atoms with Crippen LogP contribution >= 0.6 is 0 Å². The van der Waals surface area contributed by atoms with E-state index in [0.717, 1.165) is 38.2 Å². The van der Waals surface area contributed by atoms with Crippen molar-refractivity contribution in [2.45, 2.75) is 70.5 Å². The molecule has 0 amide bonds.